The second kappa shape index (κ2) is 18.7. The first-order chi connectivity index (χ1) is 23.7. The van der Waals surface area contributed by atoms with E-state index in [2.05, 4.69) is 38.8 Å². The highest BCUT2D eigenvalue weighted by atomic mass is 32.2. The molecule has 2 aliphatic rings. The van der Waals surface area contributed by atoms with E-state index in [1.807, 2.05) is 34.6 Å². The van der Waals surface area contributed by atoms with Gasteiger partial charge in [0.05, 0.1) is 11.8 Å². The summed E-state index contributed by atoms with van der Waals surface area (Å²) in [6, 6.07) is 1.53. The van der Waals surface area contributed by atoms with Gasteiger partial charge in [0.1, 0.15) is 23.2 Å². The van der Waals surface area contributed by atoms with Crippen molar-refractivity contribution < 1.29 is 28.8 Å². The molecule has 1 aliphatic heterocycles. The number of terminal acetylenes is 1. The van der Waals surface area contributed by atoms with Crippen molar-refractivity contribution in [3.63, 3.8) is 0 Å². The smallest absolute Gasteiger partial charge is 0.316 e. The molecule has 1 saturated heterocycles. The van der Waals surface area contributed by atoms with Gasteiger partial charge in [-0.3, -0.25) is 29.0 Å². The lowest BCUT2D eigenvalue weighted by Gasteiger charge is -2.37. The number of nitrogens with zero attached hydrogens (tertiary/aromatic N) is 2. The Labute approximate surface area is 300 Å². The number of ketones is 2. The number of carbonyl (C=O) groups is 6. The van der Waals surface area contributed by atoms with Crippen LogP contribution in [0.25, 0.3) is 0 Å². The zero-order chi connectivity index (χ0) is 37.0. The third-order valence-corrected chi connectivity index (χ3v) is 10.3. The number of Topliss-reactive ketones (excluding diaryl/α,β-unsaturated/α-hetero) is 2. The molecular weight excluding hydrogens is 657 g/mol. The van der Waals surface area contributed by atoms with Crippen LogP contribution in [0.2, 0.25) is 0 Å². The first-order valence-electron chi connectivity index (χ1n) is 17.3. The molecule has 1 aromatic rings. The Bertz CT molecular complexity index is 1430. The van der Waals surface area contributed by atoms with Crippen LogP contribution < -0.4 is 21.3 Å². The minimum absolute atomic E-state index is 0.00911. The Morgan fingerprint density at radius 1 is 1.06 bits per heavy atom. The second-order valence-electron chi connectivity index (χ2n) is 14.3. The lowest BCUT2D eigenvalue weighted by atomic mass is 9.81. The van der Waals surface area contributed by atoms with E-state index in [1.54, 1.807) is 18.2 Å². The van der Waals surface area contributed by atoms with Crippen molar-refractivity contribution in [2.75, 3.05) is 18.8 Å². The number of rotatable bonds is 15. The van der Waals surface area contributed by atoms with Crippen LogP contribution in [0.4, 0.5) is 4.79 Å². The number of thioether (sulfide) groups is 1. The highest BCUT2D eigenvalue weighted by molar-refractivity contribution is 8.00. The zero-order valence-electron chi connectivity index (χ0n) is 29.8. The predicted molar refractivity (Wildman–Crippen MR) is 194 cm³/mol. The van der Waals surface area contributed by atoms with Crippen LogP contribution >= 0.6 is 11.8 Å². The molecule has 1 aromatic heterocycles. The van der Waals surface area contributed by atoms with Crippen LogP contribution in [0.3, 0.4) is 0 Å². The monoisotopic (exact) mass is 708 g/mol. The summed E-state index contributed by atoms with van der Waals surface area (Å²) in [4.78, 5) is 87.0. The molecule has 1 saturated carbocycles. The summed E-state index contributed by atoms with van der Waals surface area (Å²) < 4.78 is 0. The molecule has 5 atom stereocenters. The van der Waals surface area contributed by atoms with Gasteiger partial charge in [0.2, 0.25) is 17.6 Å². The number of aromatic nitrogens is 1. The Hall–Kier alpha value is -4.18. The molecule has 0 aromatic carbocycles. The second-order valence-corrected chi connectivity index (χ2v) is 15.4. The number of hydrogen-bond donors (Lipinski definition) is 4. The predicted octanol–water partition coefficient (Wildman–Crippen LogP) is 3.48. The summed E-state index contributed by atoms with van der Waals surface area (Å²) >= 11 is 0.930. The minimum atomic E-state index is -1.27. The fourth-order valence-corrected chi connectivity index (χ4v) is 7.38. The number of amides is 5. The Balaban J connectivity index is 1.86. The van der Waals surface area contributed by atoms with Gasteiger partial charge in [0.25, 0.3) is 11.7 Å². The molecule has 0 bridgehead atoms. The first kappa shape index (κ1) is 40.3. The summed E-state index contributed by atoms with van der Waals surface area (Å²) in [6.07, 6.45) is 13.4. The molecule has 1 aliphatic carbocycles. The van der Waals surface area contributed by atoms with Gasteiger partial charge in [0.15, 0.2) is 0 Å². The Morgan fingerprint density at radius 3 is 2.34 bits per heavy atom. The van der Waals surface area contributed by atoms with E-state index in [1.165, 1.54) is 17.2 Å². The van der Waals surface area contributed by atoms with Crippen LogP contribution in [-0.2, 0) is 19.2 Å². The van der Waals surface area contributed by atoms with Gasteiger partial charge in [-0.25, -0.2) is 4.79 Å². The van der Waals surface area contributed by atoms with Crippen LogP contribution in [0.15, 0.2) is 37.1 Å². The molecule has 50 heavy (non-hydrogen) atoms. The van der Waals surface area contributed by atoms with Crippen LogP contribution in [-0.4, -0.2) is 87.5 Å². The van der Waals surface area contributed by atoms with E-state index >= 15 is 0 Å². The molecule has 5 amide bonds. The van der Waals surface area contributed by atoms with Crippen molar-refractivity contribution in [3.05, 3.63) is 42.7 Å². The van der Waals surface area contributed by atoms with Gasteiger partial charge in [-0.2, -0.15) is 0 Å². The average Bonchev–Trinajstić information content (AvgIpc) is 3.56. The van der Waals surface area contributed by atoms with Crippen molar-refractivity contribution in [3.8, 4) is 12.3 Å². The van der Waals surface area contributed by atoms with Crippen LogP contribution in [0.1, 0.15) is 83.6 Å². The molecule has 4 N–H and O–H groups in total. The van der Waals surface area contributed by atoms with E-state index < -0.39 is 58.5 Å². The maximum atomic E-state index is 14.4. The molecule has 2 heterocycles. The number of carbonyl (C=O) groups excluding carboxylic acids is 6. The maximum absolute atomic E-state index is 14.4. The zero-order valence-corrected chi connectivity index (χ0v) is 30.6. The van der Waals surface area contributed by atoms with Gasteiger partial charge in [0, 0.05) is 19.3 Å². The number of pyridine rings is 1. The fraction of sp³-hybridized carbons (Fsp3) is 0.595. The Kier molecular flexibility index (Phi) is 15.1. The van der Waals surface area contributed by atoms with Gasteiger partial charge < -0.3 is 26.2 Å². The van der Waals surface area contributed by atoms with E-state index in [4.69, 9.17) is 6.42 Å². The van der Waals surface area contributed by atoms with Gasteiger partial charge in [-0.05, 0) is 54.6 Å². The topological polar surface area (TPSA) is 167 Å². The summed E-state index contributed by atoms with van der Waals surface area (Å²) in [6.45, 7) is 13.2. The number of urea groups is 1. The van der Waals surface area contributed by atoms with Gasteiger partial charge >= 0.3 is 6.03 Å². The number of hydrogen-bond acceptors (Lipinski definition) is 8. The van der Waals surface area contributed by atoms with Crippen molar-refractivity contribution in [1.82, 2.24) is 31.2 Å². The van der Waals surface area contributed by atoms with E-state index in [-0.39, 0.29) is 48.1 Å². The third-order valence-electron chi connectivity index (χ3n) is 9.32. The highest BCUT2D eigenvalue weighted by Gasteiger charge is 2.48. The SMILES string of the molecule is C#CCSC(NC(=O)C1C(C(C)C)CCN1C(=O)C(NC(=O)NC(C(=O)c1ccccn1)C1CCCCC1)C(C)(C)C)C(=O)C(=O)NCC=C. The van der Waals surface area contributed by atoms with Crippen LogP contribution in [0.5, 0.6) is 0 Å². The van der Waals surface area contributed by atoms with Gasteiger partial charge in [-0.1, -0.05) is 71.9 Å². The molecule has 12 nitrogen and oxygen atoms in total. The lowest BCUT2D eigenvalue weighted by Crippen LogP contribution is -2.62. The molecule has 5 unspecified atom stereocenters. The molecule has 0 spiro atoms. The summed E-state index contributed by atoms with van der Waals surface area (Å²) in [5.41, 5.74) is -0.533. The van der Waals surface area contributed by atoms with E-state index in [0.717, 1.165) is 43.9 Å². The molecule has 2 fully saturated rings. The van der Waals surface area contributed by atoms with E-state index in [9.17, 15) is 28.8 Å². The maximum Gasteiger partial charge on any atom is 0.316 e. The van der Waals surface area contributed by atoms with Crippen LogP contribution in [0, 0.1) is 35.5 Å². The van der Waals surface area contributed by atoms with Crippen molar-refractivity contribution in [2.45, 2.75) is 96.6 Å². The lowest BCUT2D eigenvalue weighted by molar-refractivity contribution is -0.144. The quantitative estimate of drug-likeness (QED) is 0.0707. The van der Waals surface area contributed by atoms with Gasteiger partial charge in [-0.15, -0.1) is 24.8 Å². The largest absolute Gasteiger partial charge is 0.346 e. The highest BCUT2D eigenvalue weighted by Crippen LogP contribution is 2.34. The first-order valence-corrected chi connectivity index (χ1v) is 18.4. The summed E-state index contributed by atoms with van der Waals surface area (Å²) in [5, 5.41) is 9.57. The normalized spacial score (nSPS) is 19.7. The van der Waals surface area contributed by atoms with E-state index in [0.29, 0.717) is 6.42 Å². The van der Waals surface area contributed by atoms with Crippen molar-refractivity contribution >= 4 is 47.1 Å². The molecular formula is C37H52N6O6S. The molecule has 3 rings (SSSR count). The van der Waals surface area contributed by atoms with Crippen molar-refractivity contribution in [2.24, 2.45) is 23.2 Å². The standard InChI is InChI=1S/C37H52N6O6S/c1-8-19-39-33(47)30(45)34(50-22-9-2)42-32(46)28-25(23(3)4)18-21-43(28)35(48)31(37(5,6)7)41-36(49)40-27(24-15-11-10-12-16-24)29(44)26-17-13-14-20-38-26/h2,8,13-14,17,20,23-25,27-28,31,34H,1,10-12,15-16,18-19,21-22H2,3-7H3,(H,39,47)(H,42,46)(H2,40,41,49). The third kappa shape index (κ3) is 10.7. The minimum Gasteiger partial charge on any atom is -0.346 e. The molecule has 13 heteroatoms. The molecule has 0 radical (unpaired) electrons. The number of nitrogens with one attached hydrogen (secondary N) is 4. The average molecular weight is 709 g/mol. The number of likely N-dealkylation sites (tertiary alicyclic amines) is 1. The van der Waals surface area contributed by atoms with Crippen molar-refractivity contribution in [1.29, 1.82) is 0 Å². The molecule has 272 valence electrons. The Morgan fingerprint density at radius 2 is 1.76 bits per heavy atom. The summed E-state index contributed by atoms with van der Waals surface area (Å²) in [5.74, 6) is -0.998. The fourth-order valence-electron chi connectivity index (χ4n) is 6.66. The summed E-state index contributed by atoms with van der Waals surface area (Å²) in [7, 11) is 0.